The molecule has 0 atom stereocenters. The Labute approximate surface area is 76.7 Å². The molecule has 2 nitrogen and oxygen atoms in total. The molecule has 0 aliphatic heterocycles. The number of rotatable bonds is 1. The van der Waals surface area contributed by atoms with Gasteiger partial charge in [0.15, 0.2) is 0 Å². The molecular weight excluding hydrogens is 172 g/mol. The number of aromatic nitrogens is 1. The summed E-state index contributed by atoms with van der Waals surface area (Å²) in [7, 11) is 0. The smallest absolute Gasteiger partial charge is 0.124 e. The number of hydrogen-bond acceptors (Lipinski definition) is 2. The molecule has 0 radical (unpaired) electrons. The average molecular weight is 183 g/mol. The monoisotopic (exact) mass is 182 g/mol. The minimum atomic E-state index is 0.503. The first-order valence-corrected chi connectivity index (χ1v) is 4.56. The van der Waals surface area contributed by atoms with Crippen molar-refractivity contribution >= 4 is 17.4 Å². The summed E-state index contributed by atoms with van der Waals surface area (Å²) >= 11 is 6.02. The lowest BCUT2D eigenvalue weighted by atomic mass is 9.81. The van der Waals surface area contributed by atoms with Gasteiger partial charge in [0, 0.05) is 11.2 Å². The van der Waals surface area contributed by atoms with Crippen LogP contribution in [0.25, 0.3) is 0 Å². The van der Waals surface area contributed by atoms with Crippen molar-refractivity contribution in [3.05, 3.63) is 22.8 Å². The van der Waals surface area contributed by atoms with Crippen LogP contribution in [0.4, 0.5) is 5.82 Å². The largest absolute Gasteiger partial charge is 0.384 e. The molecule has 1 saturated carbocycles. The molecule has 1 heterocycles. The van der Waals surface area contributed by atoms with Gasteiger partial charge >= 0.3 is 0 Å². The summed E-state index contributed by atoms with van der Waals surface area (Å²) in [6.45, 7) is 0. The van der Waals surface area contributed by atoms with E-state index in [-0.39, 0.29) is 0 Å². The fourth-order valence-electron chi connectivity index (χ4n) is 1.48. The topological polar surface area (TPSA) is 38.9 Å². The first-order chi connectivity index (χ1) is 5.77. The average Bonchev–Trinajstić information content (AvgIpc) is 1.91. The Morgan fingerprint density at radius 2 is 2.25 bits per heavy atom. The molecule has 0 amide bonds. The van der Waals surface area contributed by atoms with Crippen LogP contribution >= 0.6 is 11.6 Å². The number of nitrogen functional groups attached to an aromatic ring is 1. The molecule has 3 heteroatoms. The van der Waals surface area contributed by atoms with Gasteiger partial charge in [-0.05, 0) is 30.4 Å². The molecule has 1 aromatic heterocycles. The number of nitrogens with two attached hydrogens (primary N) is 1. The Morgan fingerprint density at radius 3 is 2.75 bits per heavy atom. The predicted molar refractivity (Wildman–Crippen MR) is 50.3 cm³/mol. The van der Waals surface area contributed by atoms with E-state index in [1.807, 2.05) is 6.20 Å². The highest BCUT2D eigenvalue weighted by Crippen LogP contribution is 2.39. The Balaban J connectivity index is 2.31. The number of halogens is 1. The van der Waals surface area contributed by atoms with E-state index in [0.717, 1.165) is 10.6 Å². The van der Waals surface area contributed by atoms with E-state index in [1.54, 1.807) is 6.07 Å². The Morgan fingerprint density at radius 1 is 1.50 bits per heavy atom. The minimum absolute atomic E-state index is 0.503. The summed E-state index contributed by atoms with van der Waals surface area (Å²) in [5.41, 5.74) is 6.66. The maximum Gasteiger partial charge on any atom is 0.124 e. The van der Waals surface area contributed by atoms with E-state index in [0.29, 0.717) is 11.7 Å². The van der Waals surface area contributed by atoms with Crippen molar-refractivity contribution in [1.82, 2.24) is 4.98 Å². The zero-order chi connectivity index (χ0) is 8.55. The molecule has 1 aromatic rings. The molecule has 2 rings (SSSR count). The van der Waals surface area contributed by atoms with Crippen molar-refractivity contribution in [3.63, 3.8) is 0 Å². The summed E-state index contributed by atoms with van der Waals surface area (Å²) in [5, 5.41) is 0.771. The zero-order valence-corrected chi connectivity index (χ0v) is 7.51. The lowest BCUT2D eigenvalue weighted by Gasteiger charge is -2.26. The van der Waals surface area contributed by atoms with Gasteiger partial charge in [0.1, 0.15) is 5.82 Å². The summed E-state index contributed by atoms with van der Waals surface area (Å²) in [5.74, 6) is 1.13. The van der Waals surface area contributed by atoms with Gasteiger partial charge in [-0.3, -0.25) is 0 Å². The third-order valence-electron chi connectivity index (χ3n) is 2.45. The van der Waals surface area contributed by atoms with Gasteiger partial charge in [-0.15, -0.1) is 0 Å². The summed E-state index contributed by atoms with van der Waals surface area (Å²) < 4.78 is 0. The fourth-order valence-corrected chi connectivity index (χ4v) is 1.79. The van der Waals surface area contributed by atoms with Crippen molar-refractivity contribution in [2.75, 3.05) is 5.73 Å². The van der Waals surface area contributed by atoms with Crippen LogP contribution in [0.15, 0.2) is 12.3 Å². The van der Waals surface area contributed by atoms with Crippen molar-refractivity contribution in [2.24, 2.45) is 0 Å². The number of nitrogens with zero attached hydrogens (tertiary/aromatic N) is 1. The molecule has 0 unspecified atom stereocenters. The second-order valence-electron chi connectivity index (χ2n) is 3.26. The van der Waals surface area contributed by atoms with Gasteiger partial charge < -0.3 is 5.73 Å². The molecular formula is C9H11ClN2. The standard InChI is InChI=1S/C9H11ClN2/c10-8-4-9(11)12-5-7(8)6-2-1-3-6/h4-6H,1-3H2,(H2,11,12). The second-order valence-corrected chi connectivity index (χ2v) is 3.67. The highest BCUT2D eigenvalue weighted by molar-refractivity contribution is 6.31. The van der Waals surface area contributed by atoms with Crippen LogP contribution in [0.1, 0.15) is 30.7 Å². The van der Waals surface area contributed by atoms with Crippen LogP contribution in [0.5, 0.6) is 0 Å². The molecule has 0 bridgehead atoms. The van der Waals surface area contributed by atoms with Crippen molar-refractivity contribution in [2.45, 2.75) is 25.2 Å². The lowest BCUT2D eigenvalue weighted by Crippen LogP contribution is -2.09. The number of hydrogen-bond donors (Lipinski definition) is 1. The van der Waals surface area contributed by atoms with E-state index >= 15 is 0 Å². The lowest BCUT2D eigenvalue weighted by molar-refractivity contribution is 0.419. The maximum absolute atomic E-state index is 6.02. The van der Waals surface area contributed by atoms with Crippen LogP contribution in [0, 0.1) is 0 Å². The summed E-state index contributed by atoms with van der Waals surface area (Å²) in [4.78, 5) is 4.04. The third-order valence-corrected chi connectivity index (χ3v) is 2.78. The van der Waals surface area contributed by atoms with Crippen LogP contribution in [-0.2, 0) is 0 Å². The summed E-state index contributed by atoms with van der Waals surface area (Å²) in [6.07, 6.45) is 5.60. The van der Waals surface area contributed by atoms with Crippen LogP contribution < -0.4 is 5.73 Å². The van der Waals surface area contributed by atoms with E-state index in [9.17, 15) is 0 Å². The van der Waals surface area contributed by atoms with E-state index in [4.69, 9.17) is 17.3 Å². The molecule has 1 aliphatic carbocycles. The van der Waals surface area contributed by atoms with E-state index < -0.39 is 0 Å². The van der Waals surface area contributed by atoms with Crippen LogP contribution in [0.2, 0.25) is 5.02 Å². The number of anilines is 1. The van der Waals surface area contributed by atoms with Gasteiger partial charge in [0.05, 0.1) is 0 Å². The minimum Gasteiger partial charge on any atom is -0.384 e. The Bertz CT molecular complexity index is 295. The maximum atomic E-state index is 6.02. The van der Waals surface area contributed by atoms with Gasteiger partial charge in [-0.1, -0.05) is 18.0 Å². The Kier molecular flexibility index (Phi) is 1.93. The molecule has 0 aromatic carbocycles. The van der Waals surface area contributed by atoms with Gasteiger partial charge in [0.2, 0.25) is 0 Å². The predicted octanol–water partition coefficient (Wildman–Crippen LogP) is 2.58. The van der Waals surface area contributed by atoms with Gasteiger partial charge in [-0.2, -0.15) is 0 Å². The SMILES string of the molecule is Nc1cc(Cl)c(C2CCC2)cn1. The molecule has 12 heavy (non-hydrogen) atoms. The van der Waals surface area contributed by atoms with Crippen molar-refractivity contribution in [1.29, 1.82) is 0 Å². The molecule has 0 saturated heterocycles. The fraction of sp³-hybridized carbons (Fsp3) is 0.444. The van der Waals surface area contributed by atoms with Crippen molar-refractivity contribution < 1.29 is 0 Å². The molecule has 0 spiro atoms. The zero-order valence-electron chi connectivity index (χ0n) is 6.76. The van der Waals surface area contributed by atoms with Gasteiger partial charge in [-0.25, -0.2) is 4.98 Å². The highest BCUT2D eigenvalue weighted by Gasteiger charge is 2.21. The first-order valence-electron chi connectivity index (χ1n) is 4.18. The van der Waals surface area contributed by atoms with Crippen LogP contribution in [0.3, 0.4) is 0 Å². The van der Waals surface area contributed by atoms with E-state index in [1.165, 1.54) is 19.3 Å². The van der Waals surface area contributed by atoms with Gasteiger partial charge in [0.25, 0.3) is 0 Å². The Hall–Kier alpha value is -0.760. The summed E-state index contributed by atoms with van der Waals surface area (Å²) in [6, 6.07) is 1.73. The van der Waals surface area contributed by atoms with Crippen molar-refractivity contribution in [3.8, 4) is 0 Å². The van der Waals surface area contributed by atoms with Crippen LogP contribution in [-0.4, -0.2) is 4.98 Å². The quantitative estimate of drug-likeness (QED) is 0.725. The highest BCUT2D eigenvalue weighted by atomic mass is 35.5. The third kappa shape index (κ3) is 1.27. The molecule has 64 valence electrons. The molecule has 1 fully saturated rings. The normalized spacial score (nSPS) is 17.4. The first kappa shape index (κ1) is 7.87. The number of pyridine rings is 1. The molecule has 1 aliphatic rings. The second kappa shape index (κ2) is 2.94. The molecule has 2 N–H and O–H groups in total. The van der Waals surface area contributed by atoms with E-state index in [2.05, 4.69) is 4.98 Å².